The van der Waals surface area contributed by atoms with E-state index in [2.05, 4.69) is 92.1 Å². The molecule has 3 rings (SSSR count). The first-order valence-electron chi connectivity index (χ1n) is 26.3. The average Bonchev–Trinajstić information content (AvgIpc) is 3.38. The Morgan fingerprint density at radius 1 is 0.507 bits per heavy atom. The van der Waals surface area contributed by atoms with Crippen LogP contribution in [0.5, 0.6) is 0 Å². The predicted molar refractivity (Wildman–Crippen MR) is 272 cm³/mol. The molecule has 0 aromatic rings. The number of carbonyl (C=O) groups is 1. The molecule has 12 N–H and O–H groups in total. The van der Waals surface area contributed by atoms with E-state index >= 15 is 0 Å². The van der Waals surface area contributed by atoms with Crippen molar-refractivity contribution < 1.29 is 89.4 Å². The lowest BCUT2D eigenvalue weighted by Crippen LogP contribution is -2.66. The van der Waals surface area contributed by atoms with Gasteiger partial charge in [-0.1, -0.05) is 125 Å². The minimum absolute atomic E-state index is 0.206. The lowest BCUT2D eigenvalue weighted by molar-refractivity contribution is -0.379. The highest BCUT2D eigenvalue weighted by Crippen LogP contribution is 2.33. The monoisotopic (exact) mass is 1040 g/mol. The summed E-state index contributed by atoms with van der Waals surface area (Å²) in [6, 6.07) is -0.988. The predicted octanol–water partition coefficient (Wildman–Crippen LogP) is 2.47. The van der Waals surface area contributed by atoms with Crippen LogP contribution in [0, 0.1) is 0 Å². The van der Waals surface area contributed by atoms with Gasteiger partial charge in [-0.3, -0.25) is 4.79 Å². The Labute approximate surface area is 431 Å². The van der Waals surface area contributed by atoms with Crippen molar-refractivity contribution in [1.29, 1.82) is 0 Å². The third kappa shape index (κ3) is 23.0. The van der Waals surface area contributed by atoms with E-state index in [9.17, 15) is 61.0 Å². The number of rotatable bonds is 35. The third-order valence-corrected chi connectivity index (χ3v) is 12.7. The summed E-state index contributed by atoms with van der Waals surface area (Å²) >= 11 is 0. The van der Waals surface area contributed by atoms with Crippen LogP contribution in [0.2, 0.25) is 0 Å². The van der Waals surface area contributed by atoms with Gasteiger partial charge in [0.15, 0.2) is 18.9 Å². The van der Waals surface area contributed by atoms with Gasteiger partial charge in [0.25, 0.3) is 0 Å². The minimum Gasteiger partial charge on any atom is -0.394 e. The van der Waals surface area contributed by atoms with E-state index in [1.54, 1.807) is 6.08 Å². The van der Waals surface area contributed by atoms with Crippen molar-refractivity contribution in [2.45, 2.75) is 221 Å². The molecule has 73 heavy (non-hydrogen) atoms. The van der Waals surface area contributed by atoms with Crippen LogP contribution in [0.3, 0.4) is 0 Å². The lowest BCUT2D eigenvalue weighted by Gasteiger charge is -2.48. The number of amides is 1. The maximum Gasteiger partial charge on any atom is 0.220 e. The third-order valence-electron chi connectivity index (χ3n) is 12.7. The number of carbonyl (C=O) groups excluding carboxylic acids is 1. The Bertz CT molecular complexity index is 1670. The molecule has 0 aromatic heterocycles. The Morgan fingerprint density at radius 2 is 0.945 bits per heavy atom. The van der Waals surface area contributed by atoms with Gasteiger partial charge >= 0.3 is 0 Å². The fraction of sp³-hybridized carbons (Fsp3) is 0.722. The summed E-state index contributed by atoms with van der Waals surface area (Å²) in [6.45, 7) is 1.40. The first-order valence-corrected chi connectivity index (χ1v) is 26.3. The van der Waals surface area contributed by atoms with Crippen molar-refractivity contribution in [1.82, 2.24) is 5.32 Å². The highest BCUT2D eigenvalue weighted by Gasteiger charge is 2.53. The Kier molecular flexibility index (Phi) is 33.2. The molecule has 3 heterocycles. The normalized spacial score (nSPS) is 32.4. The van der Waals surface area contributed by atoms with E-state index < -0.39 is 124 Å². The van der Waals surface area contributed by atoms with Gasteiger partial charge < -0.3 is 89.9 Å². The Balaban J connectivity index is 1.45. The second kappa shape index (κ2) is 37.7. The fourth-order valence-corrected chi connectivity index (χ4v) is 8.31. The largest absolute Gasteiger partial charge is 0.394 e. The highest BCUT2D eigenvalue weighted by atomic mass is 16.8. The number of unbranched alkanes of at least 4 members (excludes halogenated alkanes) is 7. The van der Waals surface area contributed by atoms with E-state index in [0.717, 1.165) is 83.5 Å². The first kappa shape index (κ1) is 64.3. The van der Waals surface area contributed by atoms with Crippen molar-refractivity contribution in [2.24, 2.45) is 0 Å². The number of aliphatic hydroxyl groups excluding tert-OH is 11. The number of aliphatic hydroxyl groups is 11. The summed E-state index contributed by atoms with van der Waals surface area (Å²) in [4.78, 5) is 13.1. The van der Waals surface area contributed by atoms with Gasteiger partial charge in [0.2, 0.25) is 5.91 Å². The van der Waals surface area contributed by atoms with Crippen molar-refractivity contribution in [2.75, 3.05) is 26.4 Å². The van der Waals surface area contributed by atoms with E-state index in [0.29, 0.717) is 12.8 Å². The van der Waals surface area contributed by atoms with Gasteiger partial charge in [-0.15, -0.1) is 0 Å². The molecular formula is C54H89NO18. The molecule has 418 valence electrons. The van der Waals surface area contributed by atoms with Crippen molar-refractivity contribution >= 4 is 5.91 Å². The summed E-state index contributed by atoms with van der Waals surface area (Å²) in [7, 11) is 0. The van der Waals surface area contributed by atoms with E-state index in [4.69, 9.17) is 28.4 Å². The molecule has 0 spiro atoms. The molecule has 19 heteroatoms. The second-order valence-corrected chi connectivity index (χ2v) is 18.6. The topological polar surface area (TPSA) is 307 Å². The number of nitrogens with one attached hydrogen (secondary N) is 1. The van der Waals surface area contributed by atoms with Crippen molar-refractivity contribution in [3.63, 3.8) is 0 Å². The van der Waals surface area contributed by atoms with Crippen molar-refractivity contribution in [3.05, 3.63) is 85.1 Å². The molecule has 17 unspecified atom stereocenters. The van der Waals surface area contributed by atoms with Crippen molar-refractivity contribution in [3.8, 4) is 0 Å². The molecule has 0 aromatic carbocycles. The molecule has 1 amide bonds. The molecule has 3 saturated heterocycles. The number of hydrogen-bond donors (Lipinski definition) is 12. The summed E-state index contributed by atoms with van der Waals surface area (Å²) in [5.41, 5.74) is 0. The molecule has 3 fully saturated rings. The smallest absolute Gasteiger partial charge is 0.220 e. The van der Waals surface area contributed by atoms with Crippen LogP contribution in [-0.2, 0) is 33.2 Å². The van der Waals surface area contributed by atoms with Gasteiger partial charge in [0.05, 0.1) is 38.6 Å². The number of allylic oxidation sites excluding steroid dienone is 13. The molecule has 0 aliphatic carbocycles. The molecule has 0 bridgehead atoms. The zero-order chi connectivity index (χ0) is 53.4. The lowest BCUT2D eigenvalue weighted by atomic mass is 9.96. The molecule has 19 nitrogen and oxygen atoms in total. The van der Waals surface area contributed by atoms with Crippen LogP contribution in [-0.4, -0.2) is 193 Å². The van der Waals surface area contributed by atoms with Gasteiger partial charge in [-0.05, 0) is 70.6 Å². The van der Waals surface area contributed by atoms with Gasteiger partial charge in [0.1, 0.15) is 73.2 Å². The quantitative estimate of drug-likeness (QED) is 0.0321. The summed E-state index contributed by atoms with van der Waals surface area (Å²) < 4.78 is 34.0. The van der Waals surface area contributed by atoms with Gasteiger partial charge in [0, 0.05) is 6.42 Å². The molecule has 0 saturated carbocycles. The minimum atomic E-state index is -1.98. The SMILES string of the molecule is CC/C=C\C/C=C\C/C=C\C/C=C\C/C=C\C/C=C\CCCCCCC(=O)NC(COC1OC(CO)C(OC2OC(CO)C(OC3OC(CO)C(O)C(O)C3O)C(O)C2O)C(O)C1O)C(O)/C=C/CCCCC. The summed E-state index contributed by atoms with van der Waals surface area (Å²) in [6.07, 6.45) is 16.5. The highest BCUT2D eigenvalue weighted by molar-refractivity contribution is 5.76. The molecular weight excluding hydrogens is 951 g/mol. The number of hydrogen-bond acceptors (Lipinski definition) is 18. The maximum absolute atomic E-state index is 13.1. The Hall–Kier alpha value is -3.03. The van der Waals surface area contributed by atoms with Crippen LogP contribution in [0.1, 0.15) is 117 Å². The molecule has 0 radical (unpaired) electrons. The zero-order valence-corrected chi connectivity index (χ0v) is 42.8. The van der Waals surface area contributed by atoms with E-state index in [1.807, 2.05) is 6.08 Å². The average molecular weight is 1040 g/mol. The molecule has 3 aliphatic rings. The van der Waals surface area contributed by atoms with Crippen LogP contribution in [0.4, 0.5) is 0 Å². The van der Waals surface area contributed by atoms with Gasteiger partial charge in [-0.2, -0.15) is 0 Å². The summed E-state index contributed by atoms with van der Waals surface area (Å²) in [5, 5.41) is 119. The fourth-order valence-electron chi connectivity index (χ4n) is 8.31. The Morgan fingerprint density at radius 3 is 1.47 bits per heavy atom. The van der Waals surface area contributed by atoms with E-state index in [-0.39, 0.29) is 18.9 Å². The van der Waals surface area contributed by atoms with Crippen LogP contribution >= 0.6 is 0 Å². The first-order chi connectivity index (χ1) is 35.3. The zero-order valence-electron chi connectivity index (χ0n) is 42.8. The van der Waals surface area contributed by atoms with Crippen LogP contribution in [0.25, 0.3) is 0 Å². The number of ether oxygens (including phenoxy) is 6. The van der Waals surface area contributed by atoms with Crippen LogP contribution < -0.4 is 5.32 Å². The maximum atomic E-state index is 13.1. The second-order valence-electron chi connectivity index (χ2n) is 18.6. The van der Waals surface area contributed by atoms with Gasteiger partial charge in [-0.25, -0.2) is 0 Å². The summed E-state index contributed by atoms with van der Waals surface area (Å²) in [5.74, 6) is -0.314. The molecule has 17 atom stereocenters. The standard InChI is InChI=1S/C54H89NO18/c1-3-5-7-9-10-11-12-13-14-15-16-17-18-19-20-21-22-23-24-25-26-28-30-32-42(60)55-37(38(59)31-29-27-8-6-4-2)36-68-52-48(66)45(63)50(40(34-57)70-52)73-54-49(67)46(64)51(41(35-58)71-54)72-53-47(65)44(62)43(61)39(33-56)69-53/h5,7,10-11,13-14,16-17,19-20,22-23,29,31,37-41,43-54,56-59,61-67H,3-4,6,8-9,12,15,18,21,24-28,30,32-36H2,1-2H3,(H,55,60)/b7-5-,11-10-,14-13-,17-16-,20-19-,23-22-,31-29+. The van der Waals surface area contributed by atoms with Crippen LogP contribution in [0.15, 0.2) is 85.1 Å². The molecule has 3 aliphatic heterocycles. The van der Waals surface area contributed by atoms with E-state index in [1.165, 1.54) is 0 Å².